The molecule has 2 amide bonds. The zero-order chi connectivity index (χ0) is 22.0. The molecular formula is C23H23N3O4S. The van der Waals surface area contributed by atoms with E-state index < -0.39 is 5.92 Å². The number of hydrogen-bond acceptors (Lipinski definition) is 6. The summed E-state index contributed by atoms with van der Waals surface area (Å²) in [6, 6.07) is 12.9. The van der Waals surface area contributed by atoms with Crippen LogP contribution in [0.2, 0.25) is 0 Å². The Morgan fingerprint density at radius 1 is 1.16 bits per heavy atom. The zero-order valence-electron chi connectivity index (χ0n) is 17.5. The van der Waals surface area contributed by atoms with Crippen LogP contribution in [0.1, 0.15) is 11.4 Å². The van der Waals surface area contributed by atoms with E-state index in [0.29, 0.717) is 29.4 Å². The highest BCUT2D eigenvalue weighted by molar-refractivity contribution is 7.09. The fraction of sp³-hybridized carbons (Fsp3) is 0.261. The molecule has 0 radical (unpaired) electrons. The number of carbonyl (C=O) groups excluding carboxylic acids is 2. The SMILES string of the molecule is COc1ccc(N2CC(C(=O)Nc3cccc(-c4csc(C)n4)c3)CC2=O)cc1OC. The highest BCUT2D eigenvalue weighted by atomic mass is 32.1. The first-order valence-electron chi connectivity index (χ1n) is 9.84. The summed E-state index contributed by atoms with van der Waals surface area (Å²) >= 11 is 1.58. The van der Waals surface area contributed by atoms with Gasteiger partial charge in [0.05, 0.1) is 30.8 Å². The maximum absolute atomic E-state index is 12.9. The van der Waals surface area contributed by atoms with Crippen molar-refractivity contribution >= 4 is 34.5 Å². The van der Waals surface area contributed by atoms with Crippen LogP contribution in [-0.4, -0.2) is 37.6 Å². The van der Waals surface area contributed by atoms with Crippen molar-refractivity contribution in [2.75, 3.05) is 31.0 Å². The third-order valence-corrected chi connectivity index (χ3v) is 5.99. The van der Waals surface area contributed by atoms with Crippen molar-refractivity contribution in [1.82, 2.24) is 4.98 Å². The number of thiazole rings is 1. The maximum Gasteiger partial charge on any atom is 0.229 e. The average molecular weight is 438 g/mol. The van der Waals surface area contributed by atoms with Gasteiger partial charge in [0, 0.05) is 41.4 Å². The second kappa shape index (κ2) is 8.77. The van der Waals surface area contributed by atoms with Gasteiger partial charge in [0.15, 0.2) is 11.5 Å². The molecule has 31 heavy (non-hydrogen) atoms. The number of benzene rings is 2. The van der Waals surface area contributed by atoms with E-state index in [1.54, 1.807) is 48.7 Å². The fourth-order valence-electron chi connectivity index (χ4n) is 3.62. The molecule has 1 aromatic heterocycles. The van der Waals surface area contributed by atoms with E-state index in [0.717, 1.165) is 16.3 Å². The fourth-order valence-corrected chi connectivity index (χ4v) is 4.24. The Morgan fingerprint density at radius 3 is 2.68 bits per heavy atom. The minimum absolute atomic E-state index is 0.0981. The van der Waals surface area contributed by atoms with E-state index in [9.17, 15) is 9.59 Å². The number of rotatable bonds is 6. The van der Waals surface area contributed by atoms with Gasteiger partial charge in [0.25, 0.3) is 0 Å². The first-order chi connectivity index (χ1) is 15.0. The Kier molecular flexibility index (Phi) is 5.90. The Labute approximate surface area is 184 Å². The number of amides is 2. The predicted octanol–water partition coefficient (Wildman–Crippen LogP) is 4.13. The third-order valence-electron chi connectivity index (χ3n) is 5.22. The first-order valence-corrected chi connectivity index (χ1v) is 10.7. The monoisotopic (exact) mass is 437 g/mol. The summed E-state index contributed by atoms with van der Waals surface area (Å²) in [5.74, 6) is 0.407. The van der Waals surface area contributed by atoms with E-state index >= 15 is 0 Å². The number of aryl methyl sites for hydroxylation is 1. The van der Waals surface area contributed by atoms with Gasteiger partial charge in [0.1, 0.15) is 0 Å². The normalized spacial score (nSPS) is 15.8. The van der Waals surface area contributed by atoms with Gasteiger partial charge in [0.2, 0.25) is 11.8 Å². The summed E-state index contributed by atoms with van der Waals surface area (Å²) in [6.45, 7) is 2.27. The van der Waals surface area contributed by atoms with Crippen molar-refractivity contribution in [1.29, 1.82) is 0 Å². The smallest absolute Gasteiger partial charge is 0.229 e. The van der Waals surface area contributed by atoms with E-state index in [1.165, 1.54) is 0 Å². The molecule has 0 bridgehead atoms. The lowest BCUT2D eigenvalue weighted by atomic mass is 10.1. The summed E-state index contributed by atoms with van der Waals surface area (Å²) in [6.07, 6.45) is 0.158. The van der Waals surface area contributed by atoms with Gasteiger partial charge in [-0.25, -0.2) is 4.98 Å². The average Bonchev–Trinajstić information content (AvgIpc) is 3.39. The van der Waals surface area contributed by atoms with Crippen molar-refractivity contribution in [2.24, 2.45) is 5.92 Å². The van der Waals surface area contributed by atoms with Gasteiger partial charge in [-0.3, -0.25) is 9.59 Å². The van der Waals surface area contributed by atoms with Crippen LogP contribution in [0.4, 0.5) is 11.4 Å². The summed E-state index contributed by atoms with van der Waals surface area (Å²) in [4.78, 5) is 31.6. The lowest BCUT2D eigenvalue weighted by Gasteiger charge is -2.18. The summed E-state index contributed by atoms with van der Waals surface area (Å²) in [5.41, 5.74) is 3.19. The zero-order valence-corrected chi connectivity index (χ0v) is 18.4. The molecule has 1 aliphatic rings. The van der Waals surface area contributed by atoms with Crippen LogP contribution in [0, 0.1) is 12.8 Å². The van der Waals surface area contributed by atoms with Gasteiger partial charge < -0.3 is 19.7 Å². The lowest BCUT2D eigenvalue weighted by molar-refractivity contribution is -0.122. The standard InChI is InChI=1S/C23H23N3O4S/c1-14-24-19(13-31-14)15-5-4-6-17(9-15)25-23(28)16-10-22(27)26(12-16)18-7-8-20(29-2)21(11-18)30-3/h4-9,11,13,16H,10,12H2,1-3H3,(H,25,28). The Bertz CT molecular complexity index is 1130. The molecule has 1 N–H and O–H groups in total. The summed E-state index contributed by atoms with van der Waals surface area (Å²) < 4.78 is 10.6. The van der Waals surface area contributed by atoms with Gasteiger partial charge in [-0.2, -0.15) is 0 Å². The summed E-state index contributed by atoms with van der Waals surface area (Å²) in [7, 11) is 3.11. The molecule has 1 saturated heterocycles. The van der Waals surface area contributed by atoms with E-state index in [1.807, 2.05) is 36.6 Å². The van der Waals surface area contributed by atoms with E-state index in [2.05, 4.69) is 10.3 Å². The number of anilines is 2. The molecule has 1 fully saturated rings. The maximum atomic E-state index is 12.9. The number of hydrogen-bond donors (Lipinski definition) is 1. The second-order valence-electron chi connectivity index (χ2n) is 7.27. The van der Waals surface area contributed by atoms with Gasteiger partial charge in [-0.1, -0.05) is 12.1 Å². The van der Waals surface area contributed by atoms with Crippen molar-refractivity contribution in [3.8, 4) is 22.8 Å². The van der Waals surface area contributed by atoms with Crippen LogP contribution in [-0.2, 0) is 9.59 Å². The lowest BCUT2D eigenvalue weighted by Crippen LogP contribution is -2.28. The van der Waals surface area contributed by atoms with Crippen molar-refractivity contribution in [3.05, 3.63) is 52.9 Å². The molecule has 160 valence electrons. The Morgan fingerprint density at radius 2 is 1.97 bits per heavy atom. The van der Waals surface area contributed by atoms with Crippen LogP contribution >= 0.6 is 11.3 Å². The summed E-state index contributed by atoms with van der Waals surface area (Å²) in [5, 5.41) is 5.93. The minimum Gasteiger partial charge on any atom is -0.493 e. The van der Waals surface area contributed by atoms with Gasteiger partial charge in [-0.15, -0.1) is 11.3 Å². The number of carbonyl (C=O) groups is 2. The van der Waals surface area contributed by atoms with Crippen LogP contribution in [0.5, 0.6) is 11.5 Å². The molecule has 0 saturated carbocycles. The van der Waals surface area contributed by atoms with Crippen LogP contribution in [0.25, 0.3) is 11.3 Å². The highest BCUT2D eigenvalue weighted by Crippen LogP contribution is 2.34. The molecule has 0 aliphatic carbocycles. The van der Waals surface area contributed by atoms with Crippen molar-refractivity contribution in [2.45, 2.75) is 13.3 Å². The predicted molar refractivity (Wildman–Crippen MR) is 121 cm³/mol. The first kappa shape index (κ1) is 20.9. The second-order valence-corrected chi connectivity index (χ2v) is 8.33. The number of aromatic nitrogens is 1. The molecule has 0 spiro atoms. The Hall–Kier alpha value is -3.39. The topological polar surface area (TPSA) is 80.8 Å². The largest absolute Gasteiger partial charge is 0.493 e. The highest BCUT2D eigenvalue weighted by Gasteiger charge is 2.35. The van der Waals surface area contributed by atoms with E-state index in [-0.39, 0.29) is 18.2 Å². The molecule has 1 aliphatic heterocycles. The molecule has 4 rings (SSSR count). The molecular weight excluding hydrogens is 414 g/mol. The van der Waals surface area contributed by atoms with Crippen LogP contribution in [0.15, 0.2) is 47.8 Å². The molecule has 8 heteroatoms. The molecule has 1 atom stereocenters. The van der Waals surface area contributed by atoms with Gasteiger partial charge in [-0.05, 0) is 31.2 Å². The number of nitrogens with zero attached hydrogens (tertiary/aromatic N) is 2. The number of nitrogens with one attached hydrogen (secondary N) is 1. The third kappa shape index (κ3) is 4.39. The molecule has 3 aromatic rings. The van der Waals surface area contributed by atoms with Crippen molar-refractivity contribution < 1.29 is 19.1 Å². The number of ether oxygens (including phenoxy) is 2. The minimum atomic E-state index is -0.439. The van der Waals surface area contributed by atoms with Crippen LogP contribution in [0.3, 0.4) is 0 Å². The molecule has 2 heterocycles. The quantitative estimate of drug-likeness (QED) is 0.627. The Balaban J connectivity index is 1.47. The van der Waals surface area contributed by atoms with E-state index in [4.69, 9.17) is 9.47 Å². The molecule has 7 nitrogen and oxygen atoms in total. The molecule has 2 aromatic carbocycles. The van der Waals surface area contributed by atoms with Gasteiger partial charge >= 0.3 is 0 Å². The number of methoxy groups -OCH3 is 2. The molecule has 1 unspecified atom stereocenters. The van der Waals surface area contributed by atoms with Crippen molar-refractivity contribution in [3.63, 3.8) is 0 Å². The van der Waals surface area contributed by atoms with Crippen LogP contribution < -0.4 is 19.7 Å².